The van der Waals surface area contributed by atoms with Crippen LogP contribution in [0.1, 0.15) is 82.6 Å². The van der Waals surface area contributed by atoms with Gasteiger partial charge in [-0.1, -0.05) is 51.2 Å². The maximum atomic E-state index is 14.8. The van der Waals surface area contributed by atoms with Crippen LogP contribution >= 0.6 is 0 Å². The minimum absolute atomic E-state index is 0.343. The Morgan fingerprint density at radius 2 is 0.827 bits per heavy atom. The van der Waals surface area contributed by atoms with Gasteiger partial charge in [-0.3, -0.25) is 0 Å². The van der Waals surface area contributed by atoms with Gasteiger partial charge in [0.1, 0.15) is 5.75 Å². The molecule has 0 aliphatic heterocycles. The van der Waals surface area contributed by atoms with E-state index in [1.165, 1.54) is 24.3 Å². The van der Waals surface area contributed by atoms with Crippen LogP contribution < -0.4 is 4.74 Å². The van der Waals surface area contributed by atoms with E-state index in [0.717, 1.165) is 38.5 Å². The summed E-state index contributed by atoms with van der Waals surface area (Å²) in [7, 11) is 0. The van der Waals surface area contributed by atoms with Crippen LogP contribution in [0.4, 0.5) is 92.2 Å². The second kappa shape index (κ2) is 15.0. The fourth-order valence-corrected chi connectivity index (χ4v) is 5.52. The maximum absolute atomic E-state index is 14.8. The van der Waals surface area contributed by atoms with Crippen molar-refractivity contribution in [3.63, 3.8) is 0 Å². The van der Waals surface area contributed by atoms with E-state index < -0.39 is 97.0 Å². The van der Waals surface area contributed by atoms with Gasteiger partial charge in [-0.25, -0.2) is 0 Å². The van der Waals surface area contributed by atoms with E-state index in [1.807, 2.05) is 6.92 Å². The van der Waals surface area contributed by atoms with Crippen molar-refractivity contribution in [2.75, 3.05) is 6.61 Å². The smallest absolute Gasteiger partial charge is 0.460 e. The minimum atomic E-state index is -9.16. The summed E-state index contributed by atoms with van der Waals surface area (Å²) in [4.78, 5) is 0. The van der Waals surface area contributed by atoms with E-state index in [2.05, 4.69) is 0 Å². The summed E-state index contributed by atoms with van der Waals surface area (Å²) in [6, 6.07) is 5.75. The van der Waals surface area contributed by atoms with Crippen molar-refractivity contribution in [3.8, 4) is 5.75 Å². The zero-order valence-electron chi connectivity index (χ0n) is 26.6. The van der Waals surface area contributed by atoms with Crippen LogP contribution in [0.25, 0.3) is 0 Å². The molecule has 0 bridgehead atoms. The zero-order chi connectivity index (χ0) is 40.6. The summed E-state index contributed by atoms with van der Waals surface area (Å²) in [6.45, 7) is 2.39. The van der Waals surface area contributed by atoms with Crippen LogP contribution in [0.15, 0.2) is 24.3 Å². The van der Waals surface area contributed by atoms with Gasteiger partial charge in [0.2, 0.25) is 0 Å². The molecule has 1 aromatic carbocycles. The molecule has 0 N–H and O–H groups in total. The molecule has 2 rings (SSSR count). The molecule has 304 valence electrons. The van der Waals surface area contributed by atoms with E-state index in [-0.39, 0.29) is 0 Å². The lowest BCUT2D eigenvalue weighted by Gasteiger charge is -2.46. The van der Waals surface area contributed by atoms with Crippen molar-refractivity contribution in [2.45, 2.75) is 137 Å². The quantitative estimate of drug-likeness (QED) is 0.106. The first-order valence-electron chi connectivity index (χ1n) is 15.5. The minimum Gasteiger partial charge on any atom is -0.494 e. The highest BCUT2D eigenvalue weighted by atomic mass is 19.4. The summed E-state index contributed by atoms with van der Waals surface area (Å²) in [5.41, 5.74) is 0.369. The molecule has 1 saturated carbocycles. The van der Waals surface area contributed by atoms with Gasteiger partial charge >= 0.3 is 59.5 Å². The van der Waals surface area contributed by atoms with Crippen molar-refractivity contribution < 1.29 is 96.9 Å². The largest absolute Gasteiger partial charge is 0.494 e. The van der Waals surface area contributed by atoms with Crippen LogP contribution in [0, 0.1) is 5.92 Å². The molecule has 0 amide bonds. The Morgan fingerprint density at radius 1 is 0.462 bits per heavy atom. The van der Waals surface area contributed by atoms with Crippen LogP contribution in [-0.4, -0.2) is 66.1 Å². The Kier molecular flexibility index (Phi) is 13.2. The van der Waals surface area contributed by atoms with Crippen LogP contribution in [-0.2, 0) is 0 Å². The monoisotopic (exact) mass is 806 g/mol. The third-order valence-electron chi connectivity index (χ3n) is 8.89. The first-order chi connectivity index (χ1) is 23.3. The topological polar surface area (TPSA) is 9.23 Å². The average molecular weight is 807 g/mol. The molecule has 1 nitrogen and oxygen atoms in total. The summed E-state index contributed by atoms with van der Waals surface area (Å²) >= 11 is 0. The second-order valence-corrected chi connectivity index (χ2v) is 12.4. The lowest BCUT2D eigenvalue weighted by Crippen LogP contribution is -2.77. The van der Waals surface area contributed by atoms with E-state index in [1.54, 1.807) is 0 Å². The highest BCUT2D eigenvalue weighted by Crippen LogP contribution is 2.67. The van der Waals surface area contributed by atoms with Gasteiger partial charge in [-0.2, -0.15) is 92.2 Å². The Labute approximate surface area is 282 Å². The zero-order valence-corrected chi connectivity index (χ0v) is 26.6. The molecular formula is C30H31F21O. The van der Waals surface area contributed by atoms with Gasteiger partial charge in [-0.05, 0) is 55.7 Å². The molecule has 52 heavy (non-hydrogen) atoms. The number of ether oxygens (including phenoxy) is 1. The molecule has 1 aliphatic rings. The predicted molar refractivity (Wildman–Crippen MR) is 141 cm³/mol. The third-order valence-corrected chi connectivity index (χ3v) is 8.89. The van der Waals surface area contributed by atoms with Crippen molar-refractivity contribution in [1.29, 1.82) is 0 Å². The van der Waals surface area contributed by atoms with Crippen molar-refractivity contribution >= 4 is 0 Å². The number of halogens is 21. The van der Waals surface area contributed by atoms with Gasteiger partial charge in [-0.15, -0.1) is 0 Å². The van der Waals surface area contributed by atoms with Gasteiger partial charge in [0, 0.05) is 5.92 Å². The molecule has 22 heteroatoms. The van der Waals surface area contributed by atoms with Gasteiger partial charge in [0.25, 0.3) is 0 Å². The summed E-state index contributed by atoms with van der Waals surface area (Å²) < 4.78 is 294. The third kappa shape index (κ3) is 7.46. The highest BCUT2D eigenvalue weighted by Gasteiger charge is 2.98. The van der Waals surface area contributed by atoms with E-state index in [4.69, 9.17) is 4.74 Å². The SMILES string of the molecule is CCCCCCCCOc1ccc(C2CCC(C(F)(F)C(F)(F)C(F)(F)C(F)(F)C(F)(F)C(F)(F)C(F)(F)C(F)(F)C(F)(F)C(F)(F)F)CC2)cc1. The number of unbranched alkanes of at least 4 members (excludes halogenated alkanes) is 5. The Hall–Kier alpha value is -2.45. The molecule has 0 saturated heterocycles. The van der Waals surface area contributed by atoms with E-state index in [9.17, 15) is 92.2 Å². The number of hydrogen-bond acceptors (Lipinski definition) is 1. The fraction of sp³-hybridized carbons (Fsp3) is 0.800. The number of hydrogen-bond donors (Lipinski definition) is 0. The molecule has 0 atom stereocenters. The van der Waals surface area contributed by atoms with Crippen molar-refractivity contribution in [2.24, 2.45) is 5.92 Å². The van der Waals surface area contributed by atoms with Gasteiger partial charge < -0.3 is 4.74 Å². The molecule has 0 aromatic heterocycles. The van der Waals surface area contributed by atoms with Gasteiger partial charge in [0.15, 0.2) is 0 Å². The summed E-state index contributed by atoms with van der Waals surface area (Å²) in [5, 5.41) is 0. The van der Waals surface area contributed by atoms with Crippen LogP contribution in [0.5, 0.6) is 5.75 Å². The second-order valence-electron chi connectivity index (χ2n) is 12.4. The first kappa shape index (κ1) is 45.7. The Bertz CT molecular complexity index is 1290. The molecule has 0 radical (unpaired) electrons. The normalized spacial score (nSPS) is 19.6. The van der Waals surface area contributed by atoms with Crippen molar-refractivity contribution in [3.05, 3.63) is 29.8 Å². The van der Waals surface area contributed by atoms with E-state index in [0.29, 0.717) is 17.9 Å². The molecular weight excluding hydrogens is 775 g/mol. The average Bonchev–Trinajstić information content (AvgIpc) is 3.03. The molecule has 0 heterocycles. The Balaban J connectivity index is 2.26. The summed E-state index contributed by atoms with van der Waals surface area (Å²) in [6.07, 6.45) is -5.84. The maximum Gasteiger partial charge on any atom is 0.460 e. The molecule has 0 unspecified atom stereocenters. The standard InChI is InChI=1S/C30H31F21O/c1-2-3-4-5-6-7-16-52-20-14-10-18(11-15-20)17-8-12-19(13-9-17)21(31,32)22(33,34)23(35,36)24(37,38)25(39,40)26(41,42)27(43,44)28(45,46)29(47,48)30(49,50)51/h10-11,14-15,17,19H,2-9,12-13,16H2,1H3. The van der Waals surface area contributed by atoms with Gasteiger partial charge in [0.05, 0.1) is 6.61 Å². The molecule has 1 aromatic rings. The number of alkyl halides is 21. The highest BCUT2D eigenvalue weighted by molar-refractivity contribution is 5.30. The van der Waals surface area contributed by atoms with E-state index >= 15 is 0 Å². The fourth-order valence-electron chi connectivity index (χ4n) is 5.52. The number of benzene rings is 1. The molecule has 1 aliphatic carbocycles. The molecule has 1 fully saturated rings. The first-order valence-corrected chi connectivity index (χ1v) is 15.5. The lowest BCUT2D eigenvalue weighted by molar-refractivity contribution is -0.475. The Morgan fingerprint density at radius 3 is 1.23 bits per heavy atom. The summed E-state index contributed by atoms with van der Waals surface area (Å²) in [5.74, 6) is -80.1. The number of rotatable bonds is 18. The van der Waals surface area contributed by atoms with Crippen LogP contribution in [0.3, 0.4) is 0 Å². The van der Waals surface area contributed by atoms with Crippen molar-refractivity contribution in [1.82, 2.24) is 0 Å². The van der Waals surface area contributed by atoms with Crippen LogP contribution in [0.2, 0.25) is 0 Å². The lowest BCUT2D eigenvalue weighted by atomic mass is 9.73. The predicted octanol–water partition coefficient (Wildman–Crippen LogP) is 13.0. The molecule has 0 spiro atoms.